The summed E-state index contributed by atoms with van der Waals surface area (Å²) in [5, 5.41) is 17.0. The Balaban J connectivity index is 1.60. The number of rotatable bonds is 8. The van der Waals surface area contributed by atoms with Gasteiger partial charge in [-0.1, -0.05) is 55.5 Å². The van der Waals surface area contributed by atoms with Crippen molar-refractivity contribution < 1.29 is 19.4 Å². The van der Waals surface area contributed by atoms with Gasteiger partial charge >= 0.3 is 6.09 Å². The highest BCUT2D eigenvalue weighted by Gasteiger charge is 2.21. The number of para-hydroxylation sites is 1. The summed E-state index contributed by atoms with van der Waals surface area (Å²) < 4.78 is 5.19. The molecule has 1 heterocycles. The number of aliphatic hydroxyl groups excluding tert-OH is 1. The van der Waals surface area contributed by atoms with E-state index in [1.165, 1.54) is 0 Å². The maximum absolute atomic E-state index is 13.1. The van der Waals surface area contributed by atoms with Crippen molar-refractivity contribution in [2.75, 3.05) is 13.1 Å². The second kappa shape index (κ2) is 10.5. The molecule has 0 bridgehead atoms. The van der Waals surface area contributed by atoms with E-state index in [0.717, 1.165) is 22.0 Å². The van der Waals surface area contributed by atoms with Crippen LogP contribution in [-0.2, 0) is 4.74 Å². The number of carbonyl (C=O) groups is 2. The molecule has 7 heteroatoms. The predicted octanol–water partition coefficient (Wildman–Crippen LogP) is 4.48. The van der Waals surface area contributed by atoms with E-state index in [2.05, 4.69) is 15.6 Å². The zero-order valence-electron chi connectivity index (χ0n) is 19.6. The largest absolute Gasteiger partial charge is 0.444 e. The summed E-state index contributed by atoms with van der Waals surface area (Å²) >= 11 is 0. The molecule has 0 fully saturated rings. The second-order valence-corrected chi connectivity index (χ2v) is 9.26. The number of aromatic nitrogens is 1. The highest BCUT2D eigenvalue weighted by molar-refractivity contribution is 6.09. The fraction of sp³-hybridized carbons (Fsp3) is 0.385. The van der Waals surface area contributed by atoms with Crippen molar-refractivity contribution in [3.63, 3.8) is 0 Å². The van der Waals surface area contributed by atoms with Crippen LogP contribution in [0, 0.1) is 5.92 Å². The van der Waals surface area contributed by atoms with Gasteiger partial charge < -0.3 is 25.5 Å². The van der Waals surface area contributed by atoms with Crippen molar-refractivity contribution in [2.45, 2.75) is 45.8 Å². The van der Waals surface area contributed by atoms with Gasteiger partial charge in [-0.3, -0.25) is 4.79 Å². The molecule has 0 saturated heterocycles. The summed E-state index contributed by atoms with van der Waals surface area (Å²) in [5.74, 6) is -0.421. The average molecular weight is 452 g/mol. The van der Waals surface area contributed by atoms with E-state index >= 15 is 0 Å². The predicted molar refractivity (Wildman–Crippen MR) is 130 cm³/mol. The minimum absolute atomic E-state index is 0.195. The molecule has 176 valence electrons. The van der Waals surface area contributed by atoms with Crippen molar-refractivity contribution >= 4 is 22.9 Å². The number of carbonyl (C=O) groups excluding carboxylic acids is 2. The van der Waals surface area contributed by atoms with Crippen LogP contribution in [0.4, 0.5) is 4.79 Å². The summed E-state index contributed by atoms with van der Waals surface area (Å²) in [5.41, 5.74) is 2.64. The first-order valence-electron chi connectivity index (χ1n) is 11.2. The van der Waals surface area contributed by atoms with E-state index in [4.69, 9.17) is 4.74 Å². The quantitative estimate of drug-likeness (QED) is 0.405. The standard InChI is InChI=1S/C26H33N3O4/c1-17(21(30)14-15-27-25(32)33-26(2,3)4)16-28-24(31)23-22(18-10-6-5-7-11-18)19-12-8-9-13-20(19)29-23/h5-13,17,21,29-30H,14-16H2,1-4H3,(H,27,32)(H,28,31)/t17-,21?/m0/s1. The summed E-state index contributed by atoms with van der Waals surface area (Å²) in [6.07, 6.45) is -0.836. The molecular formula is C26H33N3O4. The Hall–Kier alpha value is -3.32. The maximum Gasteiger partial charge on any atom is 0.407 e. The SMILES string of the molecule is C[C@@H](CNC(=O)c1[nH]c2ccccc2c1-c1ccccc1)C(O)CCNC(=O)OC(C)(C)C. The van der Waals surface area contributed by atoms with Crippen molar-refractivity contribution in [3.05, 3.63) is 60.3 Å². The molecule has 0 saturated carbocycles. The molecule has 0 spiro atoms. The van der Waals surface area contributed by atoms with Gasteiger partial charge in [-0.25, -0.2) is 4.79 Å². The number of alkyl carbamates (subject to hydrolysis) is 1. The Kier molecular flexibility index (Phi) is 7.76. The lowest BCUT2D eigenvalue weighted by Crippen LogP contribution is -2.37. The molecule has 3 aromatic rings. The van der Waals surface area contributed by atoms with Crippen LogP contribution in [0.15, 0.2) is 54.6 Å². The van der Waals surface area contributed by atoms with Gasteiger partial charge in [0.15, 0.2) is 0 Å². The third-order valence-electron chi connectivity index (χ3n) is 5.35. The molecule has 1 unspecified atom stereocenters. The Morgan fingerprint density at radius 1 is 1.03 bits per heavy atom. The molecule has 0 aliphatic carbocycles. The van der Waals surface area contributed by atoms with E-state index in [1.54, 1.807) is 20.8 Å². The van der Waals surface area contributed by atoms with Gasteiger partial charge in [-0.15, -0.1) is 0 Å². The zero-order chi connectivity index (χ0) is 24.0. The molecule has 1 aromatic heterocycles. The molecule has 3 rings (SSSR count). The molecular weight excluding hydrogens is 418 g/mol. The summed E-state index contributed by atoms with van der Waals surface area (Å²) in [7, 11) is 0. The molecule has 0 aliphatic heterocycles. The Bertz CT molecular complexity index is 1090. The molecule has 33 heavy (non-hydrogen) atoms. The van der Waals surface area contributed by atoms with Gasteiger partial charge in [0.2, 0.25) is 0 Å². The highest BCUT2D eigenvalue weighted by atomic mass is 16.6. The number of H-pyrrole nitrogens is 1. The lowest BCUT2D eigenvalue weighted by atomic mass is 10.0. The maximum atomic E-state index is 13.1. The fourth-order valence-electron chi connectivity index (χ4n) is 3.62. The van der Waals surface area contributed by atoms with E-state index in [1.807, 2.05) is 61.5 Å². The van der Waals surface area contributed by atoms with E-state index in [9.17, 15) is 14.7 Å². The Morgan fingerprint density at radius 2 is 1.70 bits per heavy atom. The first kappa shape index (κ1) is 24.3. The van der Waals surface area contributed by atoms with Crippen LogP contribution in [0.5, 0.6) is 0 Å². The van der Waals surface area contributed by atoms with E-state index in [0.29, 0.717) is 18.7 Å². The fourth-order valence-corrected chi connectivity index (χ4v) is 3.62. The number of benzene rings is 2. The third kappa shape index (κ3) is 6.58. The first-order valence-corrected chi connectivity index (χ1v) is 11.2. The number of aliphatic hydroxyl groups is 1. The van der Waals surface area contributed by atoms with Crippen molar-refractivity contribution in [3.8, 4) is 11.1 Å². The van der Waals surface area contributed by atoms with Crippen LogP contribution in [-0.4, -0.2) is 46.9 Å². The minimum atomic E-state index is -0.684. The van der Waals surface area contributed by atoms with Crippen LogP contribution in [0.3, 0.4) is 0 Å². The van der Waals surface area contributed by atoms with Crippen LogP contribution in [0.25, 0.3) is 22.0 Å². The highest BCUT2D eigenvalue weighted by Crippen LogP contribution is 2.32. The molecule has 7 nitrogen and oxygen atoms in total. The lowest BCUT2D eigenvalue weighted by molar-refractivity contribution is 0.0508. The van der Waals surface area contributed by atoms with Crippen LogP contribution in [0.2, 0.25) is 0 Å². The number of hydrogen-bond donors (Lipinski definition) is 4. The van der Waals surface area contributed by atoms with Crippen molar-refractivity contribution in [2.24, 2.45) is 5.92 Å². The number of aromatic amines is 1. The van der Waals surface area contributed by atoms with Gasteiger partial charge in [-0.2, -0.15) is 0 Å². The van der Waals surface area contributed by atoms with Crippen LogP contribution >= 0.6 is 0 Å². The second-order valence-electron chi connectivity index (χ2n) is 9.26. The number of fused-ring (bicyclic) bond motifs is 1. The smallest absolute Gasteiger partial charge is 0.407 e. The minimum Gasteiger partial charge on any atom is -0.444 e. The van der Waals surface area contributed by atoms with Gasteiger partial charge in [-0.05, 0) is 44.7 Å². The number of hydrogen-bond acceptors (Lipinski definition) is 4. The Labute approximate surface area is 194 Å². The Morgan fingerprint density at radius 3 is 2.39 bits per heavy atom. The van der Waals surface area contributed by atoms with Gasteiger partial charge in [0.05, 0.1) is 6.10 Å². The summed E-state index contributed by atoms with van der Waals surface area (Å²) in [6, 6.07) is 17.6. The van der Waals surface area contributed by atoms with E-state index in [-0.39, 0.29) is 18.4 Å². The monoisotopic (exact) mass is 451 g/mol. The third-order valence-corrected chi connectivity index (χ3v) is 5.35. The number of nitrogens with one attached hydrogen (secondary N) is 3. The normalized spacial score (nSPS) is 13.4. The summed E-state index contributed by atoms with van der Waals surface area (Å²) in [6.45, 7) is 7.83. The number of ether oxygens (including phenoxy) is 1. The molecule has 0 radical (unpaired) electrons. The van der Waals surface area contributed by atoms with Crippen molar-refractivity contribution in [1.82, 2.24) is 15.6 Å². The molecule has 2 aromatic carbocycles. The van der Waals surface area contributed by atoms with Crippen LogP contribution in [0.1, 0.15) is 44.6 Å². The molecule has 2 atom stereocenters. The van der Waals surface area contributed by atoms with Gasteiger partial charge in [0, 0.05) is 29.6 Å². The molecule has 0 aliphatic rings. The zero-order valence-corrected chi connectivity index (χ0v) is 19.6. The number of amides is 2. The topological polar surface area (TPSA) is 103 Å². The molecule has 2 amide bonds. The molecule has 4 N–H and O–H groups in total. The van der Waals surface area contributed by atoms with Crippen LogP contribution < -0.4 is 10.6 Å². The van der Waals surface area contributed by atoms with Gasteiger partial charge in [0.25, 0.3) is 5.91 Å². The average Bonchev–Trinajstić information content (AvgIpc) is 3.16. The van der Waals surface area contributed by atoms with E-state index < -0.39 is 17.8 Å². The van der Waals surface area contributed by atoms with Gasteiger partial charge in [0.1, 0.15) is 11.3 Å². The van der Waals surface area contributed by atoms with Crippen molar-refractivity contribution in [1.29, 1.82) is 0 Å². The summed E-state index contributed by atoms with van der Waals surface area (Å²) in [4.78, 5) is 28.0. The lowest BCUT2D eigenvalue weighted by Gasteiger charge is -2.21. The first-order chi connectivity index (χ1) is 15.7.